The molecule has 0 saturated carbocycles. The monoisotopic (exact) mass is 540 g/mol. The van der Waals surface area contributed by atoms with E-state index in [1.807, 2.05) is 37.3 Å². The van der Waals surface area contributed by atoms with Crippen molar-refractivity contribution in [1.29, 1.82) is 5.26 Å². The Morgan fingerprint density at radius 2 is 1.43 bits per heavy atom. The van der Waals surface area contributed by atoms with Crippen molar-refractivity contribution in [2.75, 3.05) is 0 Å². The third-order valence-electron chi connectivity index (χ3n) is 8.13. The lowest BCUT2D eigenvalue weighted by Gasteiger charge is -2.08. The number of aromatic nitrogens is 1. The highest BCUT2D eigenvalue weighted by atomic mass is 16.3. The second kappa shape index (κ2) is 9.12. The van der Waals surface area contributed by atoms with Gasteiger partial charge in [0.05, 0.1) is 22.3 Å². The van der Waals surface area contributed by atoms with Crippen molar-refractivity contribution in [2.24, 2.45) is 0 Å². The van der Waals surface area contributed by atoms with Gasteiger partial charge in [-0.25, -0.2) is 0 Å². The highest BCUT2D eigenvalue weighted by molar-refractivity contribution is 6.14. The summed E-state index contributed by atoms with van der Waals surface area (Å²) in [6.07, 6.45) is 5.77. The van der Waals surface area contributed by atoms with E-state index in [9.17, 15) is 5.26 Å². The van der Waals surface area contributed by atoms with Crippen LogP contribution in [0.3, 0.4) is 0 Å². The lowest BCUT2D eigenvalue weighted by Crippen LogP contribution is -1.93. The third kappa shape index (κ3) is 3.34. The molecular formula is C38H24N2O2. The third-order valence-corrected chi connectivity index (χ3v) is 8.13. The number of hydrogen-bond acceptors (Lipinski definition) is 3. The molecule has 0 bridgehead atoms. The van der Waals surface area contributed by atoms with Gasteiger partial charge in [0.2, 0.25) is 0 Å². The zero-order valence-corrected chi connectivity index (χ0v) is 22.9. The minimum atomic E-state index is 0.500. The maximum Gasteiger partial charge on any atom is 0.159 e. The predicted molar refractivity (Wildman–Crippen MR) is 173 cm³/mol. The molecule has 4 nitrogen and oxygen atoms in total. The Hall–Kier alpha value is -5.79. The van der Waals surface area contributed by atoms with Gasteiger partial charge < -0.3 is 13.4 Å². The number of benzene rings is 5. The first kappa shape index (κ1) is 24.0. The minimum Gasteiger partial charge on any atom is -0.456 e. The van der Waals surface area contributed by atoms with Gasteiger partial charge in [-0.1, -0.05) is 73.3 Å². The van der Waals surface area contributed by atoms with Gasteiger partial charge in [-0.3, -0.25) is 0 Å². The average molecular weight is 541 g/mol. The summed E-state index contributed by atoms with van der Waals surface area (Å²) in [5.74, 6) is 0.742. The molecule has 0 amide bonds. The van der Waals surface area contributed by atoms with Crippen LogP contribution in [0, 0.1) is 11.3 Å². The topological polar surface area (TPSA) is 55.0 Å². The average Bonchev–Trinajstić information content (AvgIpc) is 3.70. The van der Waals surface area contributed by atoms with E-state index in [1.54, 1.807) is 6.08 Å². The lowest BCUT2D eigenvalue weighted by molar-refractivity contribution is 0.603. The molecule has 4 heteroatoms. The first-order valence-corrected chi connectivity index (χ1v) is 13.9. The first-order chi connectivity index (χ1) is 20.7. The number of nitriles is 1. The van der Waals surface area contributed by atoms with Crippen LogP contribution in [0.4, 0.5) is 0 Å². The maximum absolute atomic E-state index is 10.2. The van der Waals surface area contributed by atoms with E-state index in [0.717, 1.165) is 66.5 Å². The van der Waals surface area contributed by atoms with E-state index >= 15 is 0 Å². The van der Waals surface area contributed by atoms with Gasteiger partial charge in [0.1, 0.15) is 17.4 Å². The van der Waals surface area contributed by atoms with Gasteiger partial charge in [0.25, 0.3) is 0 Å². The summed E-state index contributed by atoms with van der Waals surface area (Å²) >= 11 is 0. The standard InChI is InChI=1S/C38H24N2O2/c1-3-10-28-30-20-23(17-18-36(30)41-35(28)4-2)24-19-25(22-39)37-31(21-24)29-13-9-16-34(38(29)42-37)40-32-14-7-5-11-26(32)27-12-6-8-15-33(27)40/h3-21H,2H2,1H3/b10-3-. The van der Waals surface area contributed by atoms with Crippen LogP contribution in [-0.4, -0.2) is 4.57 Å². The maximum atomic E-state index is 10.2. The Balaban J connectivity index is 1.40. The number of allylic oxidation sites excluding steroid dienone is 1. The Bertz CT molecular complexity index is 2400. The second-order valence-electron chi connectivity index (χ2n) is 10.4. The summed E-state index contributed by atoms with van der Waals surface area (Å²) in [5, 5.41) is 15.5. The summed E-state index contributed by atoms with van der Waals surface area (Å²) in [6.45, 7) is 5.90. The lowest BCUT2D eigenvalue weighted by atomic mass is 9.97. The molecule has 3 heterocycles. The number of furan rings is 2. The summed E-state index contributed by atoms with van der Waals surface area (Å²) in [7, 11) is 0. The zero-order valence-electron chi connectivity index (χ0n) is 22.9. The van der Waals surface area contributed by atoms with Gasteiger partial charge in [-0.15, -0.1) is 0 Å². The molecule has 3 aromatic heterocycles. The van der Waals surface area contributed by atoms with Gasteiger partial charge in [-0.2, -0.15) is 5.26 Å². The molecule has 0 unspecified atom stereocenters. The van der Waals surface area contributed by atoms with Crippen molar-refractivity contribution in [3.63, 3.8) is 0 Å². The van der Waals surface area contributed by atoms with Crippen LogP contribution in [0.5, 0.6) is 0 Å². The van der Waals surface area contributed by atoms with E-state index in [-0.39, 0.29) is 0 Å². The fraction of sp³-hybridized carbons (Fsp3) is 0.0263. The van der Waals surface area contributed by atoms with Gasteiger partial charge >= 0.3 is 0 Å². The van der Waals surface area contributed by atoms with Crippen LogP contribution >= 0.6 is 0 Å². The number of hydrogen-bond donors (Lipinski definition) is 0. The fourth-order valence-corrected chi connectivity index (χ4v) is 6.30. The van der Waals surface area contributed by atoms with Crippen molar-refractivity contribution in [2.45, 2.75) is 6.92 Å². The van der Waals surface area contributed by atoms with E-state index < -0.39 is 0 Å². The molecule has 0 spiro atoms. The molecule has 0 radical (unpaired) electrons. The second-order valence-corrected chi connectivity index (χ2v) is 10.4. The molecule has 0 fully saturated rings. The van der Waals surface area contributed by atoms with Crippen molar-refractivity contribution < 1.29 is 8.83 Å². The molecular weight excluding hydrogens is 516 g/mol. The SMILES string of the molecule is C=Cc1oc2ccc(-c3cc(C#N)c4oc5c(-n6c7ccccc7c7ccccc76)cccc5c4c3)cc2c1/C=C\C. The van der Waals surface area contributed by atoms with E-state index in [0.29, 0.717) is 11.1 Å². The smallest absolute Gasteiger partial charge is 0.159 e. The minimum absolute atomic E-state index is 0.500. The Kier molecular flexibility index (Phi) is 5.22. The highest BCUT2D eigenvalue weighted by Gasteiger charge is 2.20. The summed E-state index contributed by atoms with van der Waals surface area (Å²) in [6, 6.07) is 35.7. The summed E-state index contributed by atoms with van der Waals surface area (Å²) in [4.78, 5) is 0. The quantitative estimate of drug-likeness (QED) is 0.223. The van der Waals surface area contributed by atoms with Crippen LogP contribution < -0.4 is 0 Å². The summed E-state index contributed by atoms with van der Waals surface area (Å²) < 4.78 is 14.9. The van der Waals surface area contributed by atoms with Crippen LogP contribution in [-0.2, 0) is 0 Å². The largest absolute Gasteiger partial charge is 0.456 e. The zero-order chi connectivity index (χ0) is 28.4. The normalized spacial score (nSPS) is 11.9. The number of para-hydroxylation sites is 3. The Morgan fingerprint density at radius 3 is 2.14 bits per heavy atom. The number of nitrogens with zero attached hydrogens (tertiary/aromatic N) is 2. The molecule has 198 valence electrons. The molecule has 8 rings (SSSR count). The van der Waals surface area contributed by atoms with Crippen LogP contribution in [0.15, 0.2) is 119 Å². The van der Waals surface area contributed by atoms with Crippen molar-refractivity contribution in [1.82, 2.24) is 4.57 Å². The molecule has 0 aliphatic heterocycles. The molecule has 0 atom stereocenters. The van der Waals surface area contributed by atoms with E-state index in [2.05, 4.69) is 96.1 Å². The van der Waals surface area contributed by atoms with Crippen molar-refractivity contribution in [3.05, 3.63) is 127 Å². The van der Waals surface area contributed by atoms with Gasteiger partial charge in [0, 0.05) is 32.5 Å². The fourth-order valence-electron chi connectivity index (χ4n) is 6.30. The van der Waals surface area contributed by atoms with Crippen LogP contribution in [0.1, 0.15) is 23.8 Å². The molecule has 5 aromatic carbocycles. The number of fused-ring (bicyclic) bond motifs is 7. The Labute approximate surface area is 241 Å². The predicted octanol–water partition coefficient (Wildman–Crippen LogP) is 10.6. The van der Waals surface area contributed by atoms with Crippen LogP contribution in [0.2, 0.25) is 0 Å². The molecule has 0 aliphatic rings. The van der Waals surface area contributed by atoms with Gasteiger partial charge in [-0.05, 0) is 66.6 Å². The summed E-state index contributed by atoms with van der Waals surface area (Å²) in [5.41, 5.74) is 8.74. The first-order valence-electron chi connectivity index (χ1n) is 13.9. The van der Waals surface area contributed by atoms with E-state index in [1.165, 1.54) is 10.8 Å². The molecule has 0 saturated heterocycles. The molecule has 0 aliphatic carbocycles. The van der Waals surface area contributed by atoms with Gasteiger partial charge in [0.15, 0.2) is 11.2 Å². The molecule has 8 aromatic rings. The van der Waals surface area contributed by atoms with E-state index in [4.69, 9.17) is 8.83 Å². The van der Waals surface area contributed by atoms with Crippen molar-refractivity contribution >= 4 is 66.9 Å². The van der Waals surface area contributed by atoms with Crippen LogP contribution in [0.25, 0.3) is 83.7 Å². The number of rotatable bonds is 4. The highest BCUT2D eigenvalue weighted by Crippen LogP contribution is 2.41. The molecule has 42 heavy (non-hydrogen) atoms. The molecule has 0 N–H and O–H groups in total. The Morgan fingerprint density at radius 1 is 0.714 bits per heavy atom. The van der Waals surface area contributed by atoms with Crippen molar-refractivity contribution in [3.8, 4) is 22.9 Å².